The lowest BCUT2D eigenvalue weighted by molar-refractivity contribution is 0.670. The van der Waals surface area contributed by atoms with Crippen LogP contribution in [0.15, 0.2) is 453 Å². The smallest absolute Gasteiger partial charge is 0.189 e. The molecule has 686 valence electrons. The van der Waals surface area contributed by atoms with E-state index in [0.717, 1.165) is 210 Å². The molecule has 0 fully saturated rings. The average Bonchev–Trinajstić information content (AvgIpc) is 1.59. The molecule has 0 N–H and O–H groups in total. The van der Waals surface area contributed by atoms with Gasteiger partial charge in [0.1, 0.15) is 11.2 Å². The van der Waals surface area contributed by atoms with Crippen LogP contribution in [0.25, 0.3) is 265 Å². The van der Waals surface area contributed by atoms with Crippen LogP contribution in [-0.4, -0.2) is 13.7 Å². The van der Waals surface area contributed by atoms with E-state index in [4.69, 9.17) is 43.8 Å². The van der Waals surface area contributed by atoms with Gasteiger partial charge in [-0.1, -0.05) is 231 Å². The Morgan fingerprint density at radius 2 is 0.490 bits per heavy atom. The molecule has 0 aliphatic heterocycles. The summed E-state index contributed by atoms with van der Waals surface area (Å²) in [5, 5.41) is 38.8. The third-order valence-corrected chi connectivity index (χ3v) is 29.0. The topological polar surface area (TPSA) is 125 Å². The van der Waals surface area contributed by atoms with Crippen molar-refractivity contribution in [2.24, 2.45) is 0 Å². The lowest BCUT2D eigenvalue weighted by Gasteiger charge is -2.15. The highest BCUT2D eigenvalue weighted by Gasteiger charge is 2.25. The molecule has 0 amide bonds. The lowest BCUT2D eigenvalue weighted by atomic mass is 9.92. The Bertz CT molecular complexity index is 9880. The van der Waals surface area contributed by atoms with Crippen LogP contribution in [0.2, 0.25) is 0 Å². The van der Waals surface area contributed by atoms with E-state index >= 15 is 0 Å². The van der Waals surface area contributed by atoms with Crippen molar-refractivity contribution in [3.8, 4) is 147 Å². The standard InChI is InChI=1S/C45H24N4O.C45H24N4S.C45H26N4/c2*1-47-34-16-18-43-40(26-34)39-19-28(27-46)15-17-42(39)49(43)36-22-32(21-35(25-36)48-2)33-23-38(45-41(24-33)37-13-6-7-14-44(37)50-45)31-12-8-11-30(20-31)29-9-4-3-5-10-29;1-47-39-17-19-45-43(28-39)42-20-30(29-46)16-18-44(42)49(45)41-26-38(25-40(27-41)48-2)37-23-35(32-12-7-4-8-13-32)22-36(24-37)34-15-9-14-33(21-34)31-10-5-3-6-11-31/h2*3-26H;3-28H. The number of nitriles is 3. The molecule has 0 radical (unpaired) electrons. The van der Waals surface area contributed by atoms with Gasteiger partial charge < -0.3 is 18.1 Å². The van der Waals surface area contributed by atoms with Crippen molar-refractivity contribution in [1.82, 2.24) is 13.7 Å². The molecule has 0 spiro atoms. The minimum absolute atomic E-state index is 0.503. The van der Waals surface area contributed by atoms with Crippen molar-refractivity contribution < 1.29 is 4.42 Å². The summed E-state index contributed by atoms with van der Waals surface area (Å²) in [6.07, 6.45) is 0. The Morgan fingerprint density at radius 3 is 0.893 bits per heavy atom. The van der Waals surface area contributed by atoms with Crippen molar-refractivity contribution >= 4 is 153 Å². The van der Waals surface area contributed by atoms with Crippen molar-refractivity contribution in [3.05, 3.63) is 534 Å². The van der Waals surface area contributed by atoms with Crippen molar-refractivity contribution in [2.75, 3.05) is 0 Å². The van der Waals surface area contributed by atoms with Gasteiger partial charge in [0.2, 0.25) is 0 Å². The molecule has 149 heavy (non-hydrogen) atoms. The maximum atomic E-state index is 9.69. The highest BCUT2D eigenvalue weighted by molar-refractivity contribution is 7.26. The fraction of sp³-hybridized carbons (Fsp3) is 0. The van der Waals surface area contributed by atoms with Gasteiger partial charge in [-0.2, -0.15) is 15.8 Å². The summed E-state index contributed by atoms with van der Waals surface area (Å²) in [7, 11) is 0. The van der Waals surface area contributed by atoms with E-state index in [1.54, 1.807) is 6.07 Å². The average molecular weight is 1910 g/mol. The van der Waals surface area contributed by atoms with E-state index in [-0.39, 0.29) is 0 Å². The monoisotopic (exact) mass is 1910 g/mol. The molecule has 0 atom stereocenters. The van der Waals surface area contributed by atoms with Crippen molar-refractivity contribution in [1.29, 1.82) is 15.8 Å². The number of hydrogen-bond donors (Lipinski definition) is 0. The molecule has 21 aromatic carbocycles. The maximum absolute atomic E-state index is 9.69. The first kappa shape index (κ1) is 90.0. The van der Waals surface area contributed by atoms with Gasteiger partial charge in [0.15, 0.2) is 34.1 Å². The number of benzene rings is 21. The molecule has 13 nitrogen and oxygen atoms in total. The van der Waals surface area contributed by atoms with Crippen molar-refractivity contribution in [2.45, 2.75) is 0 Å². The Morgan fingerprint density at radius 1 is 0.201 bits per heavy atom. The summed E-state index contributed by atoms with van der Waals surface area (Å²) in [6, 6.07) is 158. The van der Waals surface area contributed by atoms with Gasteiger partial charge in [-0.15, -0.1) is 11.3 Å². The second-order valence-electron chi connectivity index (χ2n) is 36.5. The number of para-hydroxylation sites is 1. The van der Waals surface area contributed by atoms with E-state index in [1.165, 1.54) is 25.7 Å². The second-order valence-corrected chi connectivity index (χ2v) is 37.6. The molecule has 0 aliphatic carbocycles. The Labute approximate surface area is 861 Å². The zero-order valence-corrected chi connectivity index (χ0v) is 80.2. The minimum Gasteiger partial charge on any atom is -0.455 e. The first-order valence-corrected chi connectivity index (χ1v) is 48.9. The molecule has 14 heteroatoms. The van der Waals surface area contributed by atoms with Crippen LogP contribution in [0, 0.1) is 73.4 Å². The molecule has 0 saturated heterocycles. The second kappa shape index (κ2) is 38.1. The number of fused-ring (bicyclic) bond motifs is 15. The quantitative estimate of drug-likeness (QED) is 0.107. The van der Waals surface area contributed by atoms with Gasteiger partial charge in [-0.25, -0.2) is 29.1 Å². The molecular weight excluding hydrogens is 1840 g/mol. The van der Waals surface area contributed by atoms with Crippen LogP contribution < -0.4 is 0 Å². The van der Waals surface area contributed by atoms with Crippen LogP contribution in [0.1, 0.15) is 16.7 Å². The zero-order valence-electron chi connectivity index (χ0n) is 79.4. The summed E-state index contributed by atoms with van der Waals surface area (Å²) in [5.41, 5.74) is 35.6. The molecule has 5 aromatic heterocycles. The molecule has 0 saturated carbocycles. The highest BCUT2D eigenvalue weighted by Crippen LogP contribution is 2.50. The number of thiophene rings is 1. The van der Waals surface area contributed by atoms with Crippen LogP contribution in [0.5, 0.6) is 0 Å². The van der Waals surface area contributed by atoms with Gasteiger partial charge in [0.25, 0.3) is 0 Å². The van der Waals surface area contributed by atoms with E-state index in [2.05, 4.69) is 310 Å². The van der Waals surface area contributed by atoms with Crippen LogP contribution in [-0.2, 0) is 0 Å². The van der Waals surface area contributed by atoms with Crippen molar-refractivity contribution in [3.63, 3.8) is 0 Å². The van der Waals surface area contributed by atoms with Gasteiger partial charge in [0, 0.05) is 75.3 Å². The van der Waals surface area contributed by atoms with Gasteiger partial charge in [-0.05, 0) is 335 Å². The van der Waals surface area contributed by atoms with Crippen LogP contribution in [0.4, 0.5) is 34.1 Å². The maximum Gasteiger partial charge on any atom is 0.189 e. The van der Waals surface area contributed by atoms with E-state index in [9.17, 15) is 15.8 Å². The fourth-order valence-corrected chi connectivity index (χ4v) is 22.0. The summed E-state index contributed by atoms with van der Waals surface area (Å²) in [6.45, 7) is 47.1. The molecule has 26 rings (SSSR count). The number of rotatable bonds is 13. The molecule has 0 bridgehead atoms. The highest BCUT2D eigenvalue weighted by atomic mass is 32.1. The Kier molecular flexibility index (Phi) is 23.0. The number of aromatic nitrogens is 3. The van der Waals surface area contributed by atoms with E-state index in [1.807, 2.05) is 205 Å². The minimum atomic E-state index is 0.503. The first-order valence-electron chi connectivity index (χ1n) is 48.1. The van der Waals surface area contributed by atoms with Gasteiger partial charge >= 0.3 is 0 Å². The van der Waals surface area contributed by atoms with Crippen LogP contribution in [0.3, 0.4) is 0 Å². The molecule has 5 heterocycles. The number of hydrogen-bond acceptors (Lipinski definition) is 5. The summed E-state index contributed by atoms with van der Waals surface area (Å²) in [4.78, 5) is 22.7. The fourth-order valence-electron chi connectivity index (χ4n) is 20.8. The largest absolute Gasteiger partial charge is 0.455 e. The predicted molar refractivity (Wildman–Crippen MR) is 609 cm³/mol. The summed E-state index contributed by atoms with van der Waals surface area (Å²) in [5.74, 6) is 0. The zero-order chi connectivity index (χ0) is 101. The molecule has 26 aromatic rings. The number of nitrogens with zero attached hydrogens (tertiary/aromatic N) is 12. The third-order valence-electron chi connectivity index (χ3n) is 27.8. The Hall–Kier alpha value is -21.5. The summed E-state index contributed by atoms with van der Waals surface area (Å²) < 4.78 is 15.4. The third kappa shape index (κ3) is 16.7. The molecule has 0 unspecified atom stereocenters. The number of furan rings is 1. The normalized spacial score (nSPS) is 11.0. The predicted octanol–water partition coefficient (Wildman–Crippen LogP) is 38.2. The van der Waals surface area contributed by atoms with E-state index < -0.39 is 0 Å². The first-order chi connectivity index (χ1) is 73.3. The van der Waals surface area contributed by atoms with Gasteiger partial charge in [0.05, 0.1) is 107 Å². The lowest BCUT2D eigenvalue weighted by Crippen LogP contribution is -1.95. The molecular formula is C135H74N12OS. The van der Waals surface area contributed by atoms with E-state index in [0.29, 0.717) is 50.8 Å². The molecule has 0 aliphatic rings. The Balaban J connectivity index is 0.000000119. The summed E-state index contributed by atoms with van der Waals surface area (Å²) >= 11 is 1.81. The van der Waals surface area contributed by atoms with Crippen LogP contribution >= 0.6 is 11.3 Å². The SMILES string of the molecule is [C-]#[N+]c1cc(-c2cc(-c3cccc(-c4ccccc4)c3)c3oc4ccccc4c3c2)cc(-n2c3ccc(C#N)cc3c3cc([N+]#[C-])ccc32)c1.[C-]#[N+]c1cc(-c2cc(-c3cccc(-c4ccccc4)c3)c3sc4ccccc4c3c2)cc(-n2c3ccc(C#N)cc3c3cc([N+]#[C-])ccc32)c1.[C-]#[N+]c1cc(-c2cc(-c3ccccc3)cc(-c3cccc(-c4ccccc4)c3)c2)cc(-n2c3ccc(C#N)cc3c3cc([N+]#[C-])ccc32)c1. The van der Waals surface area contributed by atoms with Gasteiger partial charge in [-0.3, -0.25) is 0 Å².